The van der Waals surface area contributed by atoms with E-state index in [1.54, 1.807) is 79.1 Å². The van der Waals surface area contributed by atoms with Gasteiger partial charge in [-0.15, -0.1) is 0 Å². The fraction of sp³-hybridized carbons (Fsp3) is 0.824. The zero-order valence-corrected chi connectivity index (χ0v) is 37.8. The Hall–Kier alpha value is -1.12. The highest BCUT2D eigenvalue weighted by Gasteiger charge is 2.42. The Bertz CT molecular complexity index is 945. The molecule has 0 rings (SSSR count). The van der Waals surface area contributed by atoms with Crippen molar-refractivity contribution in [3.63, 3.8) is 0 Å². The second-order valence-electron chi connectivity index (χ2n) is 12.4. The molecule has 0 spiro atoms. The number of rotatable bonds is 28. The Morgan fingerprint density at radius 1 is 0.340 bits per heavy atom. The Balaban J connectivity index is 6.95. The molecule has 6 atom stereocenters. The smallest absolute Gasteiger partial charge is 0.318 e. The Morgan fingerprint density at radius 3 is 0.623 bits per heavy atom. The molecular formula is C34H58O13S6. The van der Waals surface area contributed by atoms with Crippen LogP contribution in [0.4, 0.5) is 0 Å². The molecular weight excluding hydrogens is 809 g/mol. The van der Waals surface area contributed by atoms with Crippen molar-refractivity contribution in [1.82, 2.24) is 0 Å². The summed E-state index contributed by atoms with van der Waals surface area (Å²) >= 11 is 7.67. The van der Waals surface area contributed by atoms with Crippen LogP contribution in [0.2, 0.25) is 0 Å². The number of carbonyl (C=O) groups is 6. The van der Waals surface area contributed by atoms with Crippen molar-refractivity contribution in [3.05, 3.63) is 0 Å². The van der Waals surface area contributed by atoms with E-state index in [1.807, 2.05) is 0 Å². The highest BCUT2D eigenvalue weighted by molar-refractivity contribution is 8.01. The summed E-state index contributed by atoms with van der Waals surface area (Å²) in [6, 6.07) is 0. The topological polar surface area (TPSA) is 167 Å². The molecule has 0 amide bonds. The lowest BCUT2D eigenvalue weighted by Gasteiger charge is -2.36. The van der Waals surface area contributed by atoms with Crippen molar-refractivity contribution >= 4 is 106 Å². The SMILES string of the molecule is CSC(C)C(=O)OCC(COCC(COC(=O)C(C)SC)(COC(=O)C(C)SC)COC(=O)C(C)SC)(COC(=O)C(C)SC)COC(=O)C(C)SC. The van der Waals surface area contributed by atoms with Gasteiger partial charge in [-0.3, -0.25) is 28.8 Å². The minimum atomic E-state index is -1.40. The first kappa shape index (κ1) is 51.9. The fourth-order valence-electron chi connectivity index (χ4n) is 3.61. The molecule has 6 unspecified atom stereocenters. The van der Waals surface area contributed by atoms with E-state index in [9.17, 15) is 28.8 Å². The van der Waals surface area contributed by atoms with Gasteiger partial charge in [0.05, 0.1) is 55.5 Å². The molecule has 0 saturated carbocycles. The molecule has 0 aliphatic rings. The van der Waals surface area contributed by atoms with Gasteiger partial charge >= 0.3 is 35.8 Å². The summed E-state index contributed by atoms with van der Waals surface area (Å²) in [4.78, 5) is 77.2. The first-order valence-corrected chi connectivity index (χ1v) is 24.4. The number of carbonyl (C=O) groups excluding carboxylic acids is 6. The third kappa shape index (κ3) is 19.5. The average Bonchev–Trinajstić information content (AvgIpc) is 3.18. The first-order valence-electron chi connectivity index (χ1n) is 16.6. The van der Waals surface area contributed by atoms with Crippen LogP contribution in [0.5, 0.6) is 0 Å². The number of thioether (sulfide) groups is 6. The second kappa shape index (κ2) is 27.5. The lowest BCUT2D eigenvalue weighted by Crippen LogP contribution is -2.48. The predicted molar refractivity (Wildman–Crippen MR) is 219 cm³/mol. The zero-order chi connectivity index (χ0) is 40.8. The van der Waals surface area contributed by atoms with E-state index < -0.39 is 78.1 Å². The van der Waals surface area contributed by atoms with Gasteiger partial charge in [0.1, 0.15) is 39.6 Å². The van der Waals surface area contributed by atoms with Gasteiger partial charge in [-0.2, -0.15) is 70.6 Å². The Morgan fingerprint density at radius 2 is 0.491 bits per heavy atom. The lowest BCUT2D eigenvalue weighted by atomic mass is 9.90. The standard InChI is InChI=1S/C34H58O13S6/c1-21(48-7)27(35)42-15-33(16-43-28(36)22(2)49-8,17-44-29(37)23(3)50-9)13-41-14-34(18-45-30(38)24(4)51-10,19-46-31(39)25(5)52-11)20-47-32(40)26(6)53-12/h21-26H,13-20H2,1-12H3. The highest BCUT2D eigenvalue weighted by Crippen LogP contribution is 2.28. The van der Waals surface area contributed by atoms with Gasteiger partial charge in [0.2, 0.25) is 0 Å². The predicted octanol–water partition coefficient (Wildman–Crippen LogP) is 4.74. The molecule has 19 heteroatoms. The van der Waals surface area contributed by atoms with E-state index in [0.29, 0.717) is 0 Å². The molecule has 0 aliphatic heterocycles. The van der Waals surface area contributed by atoms with E-state index in [-0.39, 0.29) is 52.9 Å². The average molecular weight is 867 g/mol. The van der Waals surface area contributed by atoms with Crippen molar-refractivity contribution in [2.75, 3.05) is 90.4 Å². The van der Waals surface area contributed by atoms with Crippen LogP contribution in [0.1, 0.15) is 41.5 Å². The molecule has 308 valence electrons. The van der Waals surface area contributed by atoms with Gasteiger partial charge < -0.3 is 33.2 Å². The number of hydrogen-bond acceptors (Lipinski definition) is 19. The largest absolute Gasteiger partial charge is 0.464 e. The van der Waals surface area contributed by atoms with Gasteiger partial charge in [0.25, 0.3) is 0 Å². The molecule has 0 aromatic carbocycles. The van der Waals surface area contributed by atoms with Crippen molar-refractivity contribution in [3.8, 4) is 0 Å². The maximum atomic E-state index is 12.9. The zero-order valence-electron chi connectivity index (χ0n) is 32.9. The third-order valence-corrected chi connectivity index (χ3v) is 13.5. The van der Waals surface area contributed by atoms with Crippen LogP contribution in [0.25, 0.3) is 0 Å². The second-order valence-corrected chi connectivity index (χ2v) is 19.5. The van der Waals surface area contributed by atoms with Crippen LogP contribution in [0, 0.1) is 10.8 Å². The van der Waals surface area contributed by atoms with Crippen LogP contribution in [-0.2, 0) is 61.9 Å². The molecule has 0 bridgehead atoms. The van der Waals surface area contributed by atoms with E-state index in [1.165, 1.54) is 70.6 Å². The van der Waals surface area contributed by atoms with E-state index in [0.717, 1.165) is 0 Å². The molecule has 0 aromatic rings. The Labute approximate surface area is 340 Å². The molecule has 0 heterocycles. The summed E-state index contributed by atoms with van der Waals surface area (Å²) in [5.41, 5.74) is -2.81. The molecule has 13 nitrogen and oxygen atoms in total. The quantitative estimate of drug-likeness (QED) is 0.0781. The number of ether oxygens (including phenoxy) is 7. The van der Waals surface area contributed by atoms with E-state index >= 15 is 0 Å². The van der Waals surface area contributed by atoms with Gasteiger partial charge in [0.15, 0.2) is 0 Å². The summed E-state index contributed by atoms with van der Waals surface area (Å²) in [7, 11) is 0. The van der Waals surface area contributed by atoms with Crippen LogP contribution >= 0.6 is 70.6 Å². The van der Waals surface area contributed by atoms with Crippen LogP contribution in [-0.4, -0.2) is 158 Å². The van der Waals surface area contributed by atoms with Crippen molar-refractivity contribution in [2.24, 2.45) is 10.8 Å². The van der Waals surface area contributed by atoms with E-state index in [2.05, 4.69) is 0 Å². The summed E-state index contributed by atoms with van der Waals surface area (Å²) in [5, 5.41) is -3.11. The maximum absolute atomic E-state index is 12.9. The van der Waals surface area contributed by atoms with Gasteiger partial charge in [-0.25, -0.2) is 0 Å². The summed E-state index contributed by atoms with van der Waals surface area (Å²) < 4.78 is 40.4. The van der Waals surface area contributed by atoms with Crippen LogP contribution in [0.15, 0.2) is 0 Å². The number of hydrogen-bond donors (Lipinski definition) is 0. The van der Waals surface area contributed by atoms with Crippen LogP contribution < -0.4 is 0 Å². The molecule has 0 aromatic heterocycles. The third-order valence-electron chi connectivity index (χ3n) is 8.05. The maximum Gasteiger partial charge on any atom is 0.318 e. The monoisotopic (exact) mass is 866 g/mol. The molecule has 0 radical (unpaired) electrons. The van der Waals surface area contributed by atoms with Crippen molar-refractivity contribution in [1.29, 1.82) is 0 Å². The van der Waals surface area contributed by atoms with E-state index in [4.69, 9.17) is 33.2 Å². The van der Waals surface area contributed by atoms with Crippen molar-refractivity contribution in [2.45, 2.75) is 73.0 Å². The minimum Gasteiger partial charge on any atom is -0.464 e. The van der Waals surface area contributed by atoms with Crippen molar-refractivity contribution < 1.29 is 61.9 Å². The molecule has 0 fully saturated rings. The molecule has 0 saturated heterocycles. The molecule has 0 N–H and O–H groups in total. The van der Waals surface area contributed by atoms with Crippen LogP contribution in [0.3, 0.4) is 0 Å². The molecule has 0 aliphatic carbocycles. The van der Waals surface area contributed by atoms with Gasteiger partial charge in [-0.1, -0.05) is 0 Å². The minimum absolute atomic E-state index is 0.309. The van der Waals surface area contributed by atoms with Gasteiger partial charge in [0, 0.05) is 0 Å². The Kier molecular flexibility index (Phi) is 26.9. The summed E-state index contributed by atoms with van der Waals surface area (Å²) in [6.07, 6.45) is 10.5. The summed E-state index contributed by atoms with van der Waals surface area (Å²) in [5.74, 6) is -3.23. The lowest BCUT2D eigenvalue weighted by molar-refractivity contribution is -0.174. The first-order chi connectivity index (χ1) is 24.9. The highest BCUT2D eigenvalue weighted by atomic mass is 32.2. The fourth-order valence-corrected chi connectivity index (χ4v) is 5.17. The van der Waals surface area contributed by atoms with Gasteiger partial charge in [-0.05, 0) is 79.1 Å². The summed E-state index contributed by atoms with van der Waals surface area (Å²) in [6.45, 7) is 7.32. The number of esters is 6. The molecule has 53 heavy (non-hydrogen) atoms. The normalized spacial score (nSPS) is 17.0.